The van der Waals surface area contributed by atoms with Gasteiger partial charge in [-0.2, -0.15) is 5.26 Å². The zero-order chi connectivity index (χ0) is 34.9. The lowest BCUT2D eigenvalue weighted by molar-refractivity contribution is -0.132. The second kappa shape index (κ2) is 18.6. The molecule has 0 aliphatic carbocycles. The Hall–Kier alpha value is -2.10. The van der Waals surface area contributed by atoms with E-state index >= 15 is 0 Å². The van der Waals surface area contributed by atoms with Crippen molar-refractivity contribution >= 4 is 92.3 Å². The molecule has 1 aliphatic rings. The highest BCUT2D eigenvalue weighted by Crippen LogP contribution is 2.53. The summed E-state index contributed by atoms with van der Waals surface area (Å²) in [5.74, 6) is 1.22. The van der Waals surface area contributed by atoms with Crippen LogP contribution in [0.1, 0.15) is 93.4 Å². The largest absolute Gasteiger partial charge is 0.477 e. The molecular formula is C40H43NO2S7. The standard InChI is InChI=1S/C40H43NO2S7/c1-3-5-7-9-10-11-13-26-24-35(50-36(26)33-19-17-30(47-33)29-16-15-28(46-29)23-27(25-41)40(42)43)31-18-20-34(48-31)38-39-37(44-21-22-45-39)32(49-38)14-12-8-6-4-2/h15-20,23-24H,3-14,21-22H2,1-2H3,(H,42,43)/b27-23+. The van der Waals surface area contributed by atoms with Gasteiger partial charge in [0.25, 0.3) is 0 Å². The maximum atomic E-state index is 11.4. The fourth-order valence-corrected chi connectivity index (χ4v) is 15.1. The van der Waals surface area contributed by atoms with Crippen molar-refractivity contribution in [2.24, 2.45) is 0 Å². The minimum Gasteiger partial charge on any atom is -0.477 e. The number of carboxylic acid groups (broad SMARTS) is 1. The van der Waals surface area contributed by atoms with Gasteiger partial charge < -0.3 is 5.11 Å². The summed E-state index contributed by atoms with van der Waals surface area (Å²) in [6.45, 7) is 4.56. The van der Waals surface area contributed by atoms with Gasteiger partial charge in [0, 0.05) is 65.2 Å². The first-order chi connectivity index (χ1) is 24.5. The lowest BCUT2D eigenvalue weighted by Crippen LogP contribution is -1.96. The SMILES string of the molecule is CCCCCCCCc1cc(-c2ccc(-c3sc(CCCCCC)c4c3SCCS4)s2)sc1-c1ccc(-c2ccc(/C=C(\C#N)C(=O)O)s2)s1. The van der Waals surface area contributed by atoms with Crippen LogP contribution in [-0.2, 0) is 17.6 Å². The molecule has 0 unspecified atom stereocenters. The number of rotatable bonds is 18. The highest BCUT2D eigenvalue weighted by Gasteiger charge is 2.24. The molecule has 0 saturated heterocycles. The molecule has 0 radical (unpaired) electrons. The smallest absolute Gasteiger partial charge is 0.346 e. The molecular weight excluding hydrogens is 751 g/mol. The molecule has 6 heterocycles. The van der Waals surface area contributed by atoms with E-state index in [1.54, 1.807) is 27.2 Å². The van der Waals surface area contributed by atoms with Gasteiger partial charge in [0.15, 0.2) is 0 Å². The molecule has 1 N–H and O–H groups in total. The zero-order valence-corrected chi connectivity index (χ0v) is 34.4. The van der Waals surface area contributed by atoms with Crippen molar-refractivity contribution in [2.75, 3.05) is 11.5 Å². The molecule has 50 heavy (non-hydrogen) atoms. The van der Waals surface area contributed by atoms with Crippen LogP contribution in [0.4, 0.5) is 0 Å². The number of nitriles is 1. The van der Waals surface area contributed by atoms with Crippen LogP contribution < -0.4 is 0 Å². The van der Waals surface area contributed by atoms with Crippen LogP contribution >= 0.6 is 80.2 Å². The number of unbranched alkanes of at least 4 members (excludes halogenated alkanes) is 8. The molecule has 0 spiro atoms. The monoisotopic (exact) mass is 793 g/mol. The average molecular weight is 794 g/mol. The number of thiophene rings is 5. The van der Waals surface area contributed by atoms with Gasteiger partial charge >= 0.3 is 5.97 Å². The van der Waals surface area contributed by atoms with Crippen molar-refractivity contribution in [3.05, 3.63) is 63.4 Å². The van der Waals surface area contributed by atoms with E-state index in [2.05, 4.69) is 79.0 Å². The number of carboxylic acids is 1. The van der Waals surface area contributed by atoms with Crippen LogP contribution in [0.3, 0.4) is 0 Å². The van der Waals surface area contributed by atoms with E-state index in [4.69, 9.17) is 0 Å². The molecule has 262 valence electrons. The second-order valence-corrected chi connectivity index (χ2v) is 20.2. The Kier molecular flexibility index (Phi) is 14.0. The van der Waals surface area contributed by atoms with E-state index in [1.165, 1.54) is 144 Å². The highest BCUT2D eigenvalue weighted by molar-refractivity contribution is 8.06. The maximum Gasteiger partial charge on any atom is 0.346 e. The third kappa shape index (κ3) is 9.27. The van der Waals surface area contributed by atoms with Gasteiger partial charge in [0.05, 0.1) is 4.88 Å². The van der Waals surface area contributed by atoms with Crippen LogP contribution in [0.5, 0.6) is 0 Å². The van der Waals surface area contributed by atoms with Crippen molar-refractivity contribution < 1.29 is 9.90 Å². The number of nitrogens with zero attached hydrogens (tertiary/aromatic N) is 1. The lowest BCUT2D eigenvalue weighted by Gasteiger charge is -2.13. The normalized spacial score (nSPS) is 13.1. The van der Waals surface area contributed by atoms with Crippen LogP contribution in [0, 0.1) is 11.3 Å². The summed E-state index contributed by atoms with van der Waals surface area (Å²) in [5, 5.41) is 18.5. The number of hydrogen-bond acceptors (Lipinski definition) is 9. The van der Waals surface area contributed by atoms with Crippen molar-refractivity contribution in [3.8, 4) is 45.1 Å². The van der Waals surface area contributed by atoms with Crippen molar-refractivity contribution in [1.82, 2.24) is 0 Å². The summed E-state index contributed by atoms with van der Waals surface area (Å²) >= 11 is 13.4. The minimum atomic E-state index is -1.19. The summed E-state index contributed by atoms with van der Waals surface area (Å²) in [6.07, 6.45) is 16.7. The number of thioether (sulfide) groups is 2. The van der Waals surface area contributed by atoms with E-state index in [1.807, 2.05) is 34.8 Å². The number of fused-ring (bicyclic) bond motifs is 1. The molecule has 5 aromatic rings. The first kappa shape index (κ1) is 37.7. The van der Waals surface area contributed by atoms with Gasteiger partial charge in [-0.1, -0.05) is 65.2 Å². The van der Waals surface area contributed by atoms with E-state index in [9.17, 15) is 15.2 Å². The van der Waals surface area contributed by atoms with E-state index < -0.39 is 5.97 Å². The molecule has 0 amide bonds. The van der Waals surface area contributed by atoms with Gasteiger partial charge in [0.2, 0.25) is 0 Å². The summed E-state index contributed by atoms with van der Waals surface area (Å²) in [4.78, 5) is 27.4. The van der Waals surface area contributed by atoms with Crippen molar-refractivity contribution in [2.45, 2.75) is 101 Å². The topological polar surface area (TPSA) is 61.1 Å². The summed E-state index contributed by atoms with van der Waals surface area (Å²) < 4.78 is 0. The molecule has 5 aromatic heterocycles. The first-order valence-electron chi connectivity index (χ1n) is 17.7. The fourth-order valence-electron chi connectivity index (χ4n) is 6.12. The molecule has 0 saturated carbocycles. The van der Waals surface area contributed by atoms with Gasteiger partial charge in [-0.05, 0) is 79.8 Å². The second-order valence-electron chi connectivity index (χ2n) is 12.5. The average Bonchev–Trinajstić information content (AvgIpc) is 3.96. The molecule has 1 aliphatic heterocycles. The minimum absolute atomic E-state index is 0.244. The summed E-state index contributed by atoms with van der Waals surface area (Å²) in [6, 6.07) is 17.4. The zero-order valence-electron chi connectivity index (χ0n) is 28.7. The fraction of sp³-hybridized carbons (Fsp3) is 0.400. The van der Waals surface area contributed by atoms with E-state index in [-0.39, 0.29) is 5.57 Å². The van der Waals surface area contributed by atoms with Crippen LogP contribution in [0.15, 0.2) is 57.8 Å². The van der Waals surface area contributed by atoms with Crippen LogP contribution in [-0.4, -0.2) is 22.6 Å². The highest BCUT2D eigenvalue weighted by atomic mass is 32.2. The van der Waals surface area contributed by atoms with Crippen molar-refractivity contribution in [3.63, 3.8) is 0 Å². The first-order valence-corrected chi connectivity index (χ1v) is 23.7. The van der Waals surface area contributed by atoms with Gasteiger partial charge in [0.1, 0.15) is 11.6 Å². The Bertz CT molecular complexity index is 1960. The number of aliphatic carboxylic acids is 1. The summed E-state index contributed by atoms with van der Waals surface area (Å²) in [7, 11) is 0. The van der Waals surface area contributed by atoms with Crippen LogP contribution in [0.2, 0.25) is 0 Å². The molecule has 0 atom stereocenters. The third-order valence-electron chi connectivity index (χ3n) is 8.74. The molecule has 10 heteroatoms. The van der Waals surface area contributed by atoms with Gasteiger partial charge in [-0.3, -0.25) is 0 Å². The quantitative estimate of drug-likeness (QED) is 0.0544. The number of aryl methyl sites for hydroxylation is 2. The maximum absolute atomic E-state index is 11.4. The predicted molar refractivity (Wildman–Crippen MR) is 225 cm³/mol. The summed E-state index contributed by atoms with van der Waals surface area (Å²) in [5.41, 5.74) is 1.21. The van der Waals surface area contributed by atoms with E-state index in [0.29, 0.717) is 0 Å². The van der Waals surface area contributed by atoms with Gasteiger partial charge in [-0.25, -0.2) is 4.79 Å². The van der Waals surface area contributed by atoms with Crippen molar-refractivity contribution in [1.29, 1.82) is 5.26 Å². The number of hydrogen-bond donors (Lipinski definition) is 1. The molecule has 3 nitrogen and oxygen atoms in total. The Morgan fingerprint density at radius 1 is 0.680 bits per heavy atom. The number of carbonyl (C=O) groups is 1. The Balaban J connectivity index is 1.27. The molecule has 6 rings (SSSR count). The Labute approximate surface area is 325 Å². The molecule has 0 fully saturated rings. The third-order valence-corrected chi connectivity index (χ3v) is 18.0. The van der Waals surface area contributed by atoms with Gasteiger partial charge in [-0.15, -0.1) is 80.2 Å². The predicted octanol–water partition coefficient (Wildman–Crippen LogP) is 14.9. The Morgan fingerprint density at radius 2 is 1.26 bits per heavy atom. The lowest BCUT2D eigenvalue weighted by atomic mass is 10.0. The molecule has 0 aromatic carbocycles. The van der Waals surface area contributed by atoms with E-state index in [0.717, 1.165) is 16.2 Å². The van der Waals surface area contributed by atoms with Crippen LogP contribution in [0.25, 0.3) is 45.1 Å². The Morgan fingerprint density at radius 3 is 1.98 bits per heavy atom. The molecule has 0 bridgehead atoms.